The Bertz CT molecular complexity index is 677. The minimum atomic E-state index is -1.08. The Kier molecular flexibility index (Phi) is 4.43. The Morgan fingerprint density at radius 2 is 2.27 bits per heavy atom. The first-order valence-corrected chi connectivity index (χ1v) is 7.64. The predicted octanol–water partition coefficient (Wildman–Crippen LogP) is 2.53. The predicted molar refractivity (Wildman–Crippen MR) is 83.0 cm³/mol. The second-order valence-corrected chi connectivity index (χ2v) is 6.09. The van der Waals surface area contributed by atoms with E-state index >= 15 is 0 Å². The topological polar surface area (TPSA) is 56.5 Å². The van der Waals surface area contributed by atoms with E-state index in [1.807, 2.05) is 17.8 Å². The zero-order valence-corrected chi connectivity index (χ0v) is 13.5. The van der Waals surface area contributed by atoms with Crippen LogP contribution < -0.4 is 0 Å². The summed E-state index contributed by atoms with van der Waals surface area (Å²) in [4.78, 5) is 4.32. The van der Waals surface area contributed by atoms with Gasteiger partial charge in [0, 0.05) is 30.0 Å². The summed E-state index contributed by atoms with van der Waals surface area (Å²) in [7, 11) is 1.90. The molecule has 22 heavy (non-hydrogen) atoms. The lowest BCUT2D eigenvalue weighted by Gasteiger charge is -2.29. The van der Waals surface area contributed by atoms with Crippen molar-refractivity contribution in [1.82, 2.24) is 9.55 Å². The lowest BCUT2D eigenvalue weighted by Crippen LogP contribution is -2.33. The Morgan fingerprint density at radius 3 is 2.86 bits per heavy atom. The summed E-state index contributed by atoms with van der Waals surface area (Å²) in [6.07, 6.45) is 3.55. The molecule has 1 N–H and O–H groups in total. The summed E-state index contributed by atoms with van der Waals surface area (Å²) < 4.78 is 13.8. The lowest BCUT2D eigenvalue weighted by molar-refractivity contribution is -0.180. The number of aliphatic hydroxyl groups excluding tert-OH is 1. The molecule has 3 rings (SSSR count). The number of imidazole rings is 1. The van der Waals surface area contributed by atoms with Crippen molar-refractivity contribution in [1.29, 1.82) is 0 Å². The van der Waals surface area contributed by atoms with Crippen LogP contribution in [0.1, 0.15) is 11.4 Å². The number of ether oxygens (including phenoxy) is 2. The smallest absolute Gasteiger partial charge is 0.204 e. The second-order valence-electron chi connectivity index (χ2n) is 5.24. The number of hydrogen-bond acceptors (Lipinski definition) is 4. The average molecular weight is 343 g/mol. The number of benzene rings is 1. The number of aryl methyl sites for hydroxylation is 1. The van der Waals surface area contributed by atoms with Gasteiger partial charge in [-0.2, -0.15) is 0 Å². The van der Waals surface area contributed by atoms with Gasteiger partial charge in [-0.25, -0.2) is 4.98 Å². The van der Waals surface area contributed by atoms with Gasteiger partial charge in [0.1, 0.15) is 11.9 Å². The SMILES string of the molecule is Cn1ccnc1C[C@]1(c2ccc(Cl)cc2Cl)OC[C@H](CO)O1. The quantitative estimate of drug-likeness (QED) is 0.927. The van der Waals surface area contributed by atoms with E-state index in [4.69, 9.17) is 32.7 Å². The van der Waals surface area contributed by atoms with Crippen molar-refractivity contribution in [2.24, 2.45) is 7.05 Å². The summed E-state index contributed by atoms with van der Waals surface area (Å²) in [5, 5.41) is 10.4. The van der Waals surface area contributed by atoms with Gasteiger partial charge in [-0.1, -0.05) is 29.3 Å². The van der Waals surface area contributed by atoms with E-state index in [1.165, 1.54) is 0 Å². The molecule has 0 saturated carbocycles. The minimum absolute atomic E-state index is 0.118. The van der Waals surface area contributed by atoms with Crippen LogP contribution in [0.5, 0.6) is 0 Å². The van der Waals surface area contributed by atoms with E-state index in [9.17, 15) is 5.11 Å². The Balaban J connectivity index is 2.02. The van der Waals surface area contributed by atoms with Crippen LogP contribution in [0.25, 0.3) is 0 Å². The van der Waals surface area contributed by atoms with E-state index in [-0.39, 0.29) is 6.61 Å². The summed E-state index contributed by atoms with van der Waals surface area (Å²) in [6.45, 7) is 0.174. The van der Waals surface area contributed by atoms with Gasteiger partial charge in [-0.3, -0.25) is 0 Å². The van der Waals surface area contributed by atoms with Crippen molar-refractivity contribution in [3.63, 3.8) is 0 Å². The molecule has 0 aliphatic carbocycles. The second kappa shape index (κ2) is 6.18. The van der Waals surface area contributed by atoms with E-state index in [0.29, 0.717) is 28.6 Å². The first-order valence-electron chi connectivity index (χ1n) is 6.88. The van der Waals surface area contributed by atoms with Crippen molar-refractivity contribution in [2.45, 2.75) is 18.3 Å². The van der Waals surface area contributed by atoms with Crippen molar-refractivity contribution >= 4 is 23.2 Å². The molecule has 7 heteroatoms. The van der Waals surface area contributed by atoms with Crippen LogP contribution >= 0.6 is 23.2 Å². The molecule has 1 fully saturated rings. The number of hydrogen-bond donors (Lipinski definition) is 1. The first kappa shape index (κ1) is 15.8. The van der Waals surface area contributed by atoms with Gasteiger partial charge >= 0.3 is 0 Å². The van der Waals surface area contributed by atoms with E-state index < -0.39 is 11.9 Å². The highest BCUT2D eigenvalue weighted by Gasteiger charge is 2.45. The largest absolute Gasteiger partial charge is 0.394 e. The molecule has 1 aliphatic heterocycles. The van der Waals surface area contributed by atoms with Crippen LogP contribution in [-0.2, 0) is 28.7 Å². The Labute approximate surface area is 138 Å². The maximum atomic E-state index is 9.36. The zero-order valence-electron chi connectivity index (χ0n) is 12.0. The van der Waals surface area contributed by atoms with Crippen molar-refractivity contribution in [3.05, 3.63) is 52.0 Å². The van der Waals surface area contributed by atoms with Crippen LogP contribution in [0.3, 0.4) is 0 Å². The summed E-state index contributed by atoms with van der Waals surface area (Å²) in [5.41, 5.74) is 0.678. The van der Waals surface area contributed by atoms with Crippen molar-refractivity contribution in [3.8, 4) is 0 Å². The third-order valence-corrected chi connectivity index (χ3v) is 4.26. The highest BCUT2D eigenvalue weighted by molar-refractivity contribution is 6.35. The Morgan fingerprint density at radius 1 is 1.45 bits per heavy atom. The summed E-state index contributed by atoms with van der Waals surface area (Å²) in [6, 6.07) is 5.17. The van der Waals surface area contributed by atoms with Crippen LogP contribution in [-0.4, -0.2) is 34.0 Å². The molecule has 118 valence electrons. The molecule has 2 atom stereocenters. The standard InChI is InChI=1S/C15H16Cl2N2O3/c1-19-5-4-18-14(19)7-15(21-9-11(8-20)22-15)12-3-2-10(16)6-13(12)17/h2-6,11,20H,7-9H2,1H3/t11-,15-/m0/s1. The number of aromatic nitrogens is 2. The van der Waals surface area contributed by atoms with Gasteiger partial charge in [0.05, 0.1) is 24.7 Å². The molecule has 5 nitrogen and oxygen atoms in total. The maximum Gasteiger partial charge on any atom is 0.204 e. The molecule has 2 aromatic rings. The van der Waals surface area contributed by atoms with Gasteiger partial charge in [0.2, 0.25) is 5.79 Å². The van der Waals surface area contributed by atoms with E-state index in [1.54, 1.807) is 24.4 Å². The fourth-order valence-electron chi connectivity index (χ4n) is 2.56. The van der Waals surface area contributed by atoms with E-state index in [2.05, 4.69) is 4.98 Å². The van der Waals surface area contributed by atoms with E-state index in [0.717, 1.165) is 5.82 Å². The summed E-state index contributed by atoms with van der Waals surface area (Å²) in [5.74, 6) is -0.279. The minimum Gasteiger partial charge on any atom is -0.394 e. The number of nitrogens with zero attached hydrogens (tertiary/aromatic N) is 2. The average Bonchev–Trinajstić information content (AvgIpc) is 3.07. The molecule has 0 unspecified atom stereocenters. The molecule has 0 amide bonds. The third-order valence-electron chi connectivity index (χ3n) is 3.72. The number of aliphatic hydroxyl groups is 1. The number of halogens is 2. The van der Waals surface area contributed by atoms with Crippen LogP contribution in [0, 0.1) is 0 Å². The zero-order chi connectivity index (χ0) is 15.7. The molecule has 1 saturated heterocycles. The monoisotopic (exact) mass is 342 g/mol. The fraction of sp³-hybridized carbons (Fsp3) is 0.400. The third kappa shape index (κ3) is 2.87. The molecular weight excluding hydrogens is 327 g/mol. The van der Waals surface area contributed by atoms with Gasteiger partial charge < -0.3 is 19.1 Å². The first-order chi connectivity index (χ1) is 10.5. The molecule has 1 aliphatic rings. The van der Waals surface area contributed by atoms with Gasteiger partial charge in [-0.15, -0.1) is 0 Å². The molecule has 0 radical (unpaired) electrons. The van der Waals surface area contributed by atoms with Crippen molar-refractivity contribution < 1.29 is 14.6 Å². The molecule has 0 spiro atoms. The molecule has 0 bridgehead atoms. The Hall–Kier alpha value is -1.11. The van der Waals surface area contributed by atoms with Crippen molar-refractivity contribution in [2.75, 3.05) is 13.2 Å². The normalized spacial score (nSPS) is 24.8. The fourth-order valence-corrected chi connectivity index (χ4v) is 3.11. The molecule has 2 heterocycles. The molecular formula is C15H16Cl2N2O3. The van der Waals surface area contributed by atoms with Crippen LogP contribution in [0.2, 0.25) is 10.0 Å². The van der Waals surface area contributed by atoms with Crippen LogP contribution in [0.15, 0.2) is 30.6 Å². The highest BCUT2D eigenvalue weighted by Crippen LogP contribution is 2.41. The van der Waals surface area contributed by atoms with Gasteiger partial charge in [0.15, 0.2) is 0 Å². The lowest BCUT2D eigenvalue weighted by atomic mass is 10.0. The molecule has 1 aromatic carbocycles. The highest BCUT2D eigenvalue weighted by atomic mass is 35.5. The summed E-state index contributed by atoms with van der Waals surface area (Å²) >= 11 is 12.3. The number of rotatable bonds is 4. The molecule has 1 aromatic heterocycles. The maximum absolute atomic E-state index is 9.36. The van der Waals surface area contributed by atoms with Crippen LogP contribution in [0.4, 0.5) is 0 Å². The van der Waals surface area contributed by atoms with Gasteiger partial charge in [0.25, 0.3) is 0 Å². The van der Waals surface area contributed by atoms with Gasteiger partial charge in [-0.05, 0) is 12.1 Å².